The summed E-state index contributed by atoms with van der Waals surface area (Å²) in [6.07, 6.45) is 0.506. The van der Waals surface area contributed by atoms with E-state index in [4.69, 9.17) is 4.74 Å². The molecule has 0 aromatic heterocycles. The van der Waals surface area contributed by atoms with Crippen LogP contribution in [0.15, 0.2) is 53.6 Å². The molecule has 3 amide bonds. The highest BCUT2D eigenvalue weighted by atomic mass is 19.1. The minimum atomic E-state index is -0.322. The summed E-state index contributed by atoms with van der Waals surface area (Å²) in [5.74, 6) is -0.582. The molecule has 1 saturated heterocycles. The van der Waals surface area contributed by atoms with Crippen molar-refractivity contribution in [3.8, 4) is 0 Å². The lowest BCUT2D eigenvalue weighted by molar-refractivity contribution is -0.133. The van der Waals surface area contributed by atoms with E-state index in [9.17, 15) is 14.0 Å². The average molecular weight is 510 g/mol. The van der Waals surface area contributed by atoms with Gasteiger partial charge in [0.15, 0.2) is 0 Å². The van der Waals surface area contributed by atoms with Gasteiger partial charge in [0.25, 0.3) is 5.91 Å². The van der Waals surface area contributed by atoms with Crippen molar-refractivity contribution in [3.63, 3.8) is 0 Å². The third kappa shape index (κ3) is 7.14. The van der Waals surface area contributed by atoms with Crippen molar-refractivity contribution < 1.29 is 18.7 Å². The molecule has 8 nitrogen and oxygen atoms in total. The van der Waals surface area contributed by atoms with Crippen molar-refractivity contribution in [1.82, 2.24) is 20.1 Å². The zero-order chi connectivity index (χ0) is 26.4. The van der Waals surface area contributed by atoms with E-state index >= 15 is 0 Å². The quantitative estimate of drug-likeness (QED) is 0.590. The first-order chi connectivity index (χ1) is 17.8. The predicted molar refractivity (Wildman–Crippen MR) is 141 cm³/mol. The Morgan fingerprint density at radius 1 is 1.11 bits per heavy atom. The van der Waals surface area contributed by atoms with Crippen LogP contribution in [-0.2, 0) is 9.53 Å². The molecule has 0 radical (unpaired) electrons. The Hall–Kier alpha value is -3.30. The van der Waals surface area contributed by atoms with E-state index in [0.29, 0.717) is 38.4 Å². The molecule has 0 bridgehead atoms. The fourth-order valence-corrected chi connectivity index (χ4v) is 4.52. The van der Waals surface area contributed by atoms with Gasteiger partial charge in [0.1, 0.15) is 12.4 Å². The summed E-state index contributed by atoms with van der Waals surface area (Å²) in [6, 6.07) is 13.6. The van der Waals surface area contributed by atoms with E-state index in [1.54, 1.807) is 17.0 Å². The van der Waals surface area contributed by atoms with Gasteiger partial charge in [-0.3, -0.25) is 9.69 Å². The second kappa shape index (κ2) is 12.3. The van der Waals surface area contributed by atoms with Crippen molar-refractivity contribution >= 4 is 17.6 Å². The van der Waals surface area contributed by atoms with Gasteiger partial charge in [-0.2, -0.15) is 5.10 Å². The molecule has 1 atom stereocenters. The van der Waals surface area contributed by atoms with Gasteiger partial charge in [-0.1, -0.05) is 42.0 Å². The van der Waals surface area contributed by atoms with Crippen molar-refractivity contribution in [2.45, 2.75) is 39.3 Å². The largest absolute Gasteiger partial charge is 0.379 e. The molecule has 2 aromatic carbocycles. The number of nitrogens with one attached hydrogen (secondary N) is 1. The number of carbonyl (C=O) groups is 2. The third-order valence-corrected chi connectivity index (χ3v) is 6.62. The Balaban J connectivity index is 1.55. The molecule has 1 N–H and O–H groups in total. The maximum absolute atomic E-state index is 13.7. The summed E-state index contributed by atoms with van der Waals surface area (Å²) in [5.41, 5.74) is 3.58. The van der Waals surface area contributed by atoms with Crippen LogP contribution in [0.5, 0.6) is 0 Å². The molecule has 37 heavy (non-hydrogen) atoms. The molecular weight excluding hydrogens is 473 g/mol. The van der Waals surface area contributed by atoms with E-state index in [-0.39, 0.29) is 36.4 Å². The van der Waals surface area contributed by atoms with E-state index in [1.807, 2.05) is 45.0 Å². The lowest BCUT2D eigenvalue weighted by Gasteiger charge is -2.31. The molecule has 0 spiro atoms. The maximum atomic E-state index is 13.7. The topological polar surface area (TPSA) is 77.5 Å². The number of amides is 3. The van der Waals surface area contributed by atoms with Crippen LogP contribution in [0, 0.1) is 12.7 Å². The van der Waals surface area contributed by atoms with Crippen LogP contribution >= 0.6 is 0 Å². The second-order valence-electron chi connectivity index (χ2n) is 9.90. The van der Waals surface area contributed by atoms with Gasteiger partial charge in [0.2, 0.25) is 0 Å². The van der Waals surface area contributed by atoms with Crippen molar-refractivity contribution in [2.75, 3.05) is 45.9 Å². The number of benzene rings is 2. The van der Waals surface area contributed by atoms with Gasteiger partial charge in [0.05, 0.1) is 25.0 Å². The number of halogens is 1. The monoisotopic (exact) mass is 509 g/mol. The maximum Gasteiger partial charge on any atom is 0.318 e. The van der Waals surface area contributed by atoms with Gasteiger partial charge >= 0.3 is 6.03 Å². The fourth-order valence-electron chi connectivity index (χ4n) is 4.52. The first-order valence-corrected chi connectivity index (χ1v) is 12.9. The molecule has 0 saturated carbocycles. The first-order valence-electron chi connectivity index (χ1n) is 12.9. The van der Waals surface area contributed by atoms with E-state index in [2.05, 4.69) is 15.3 Å². The summed E-state index contributed by atoms with van der Waals surface area (Å²) in [7, 11) is 0. The zero-order valence-electron chi connectivity index (χ0n) is 21.8. The van der Waals surface area contributed by atoms with E-state index < -0.39 is 0 Å². The van der Waals surface area contributed by atoms with Crippen molar-refractivity contribution in [2.24, 2.45) is 5.10 Å². The van der Waals surface area contributed by atoms with Crippen molar-refractivity contribution in [3.05, 3.63) is 71.0 Å². The molecule has 1 fully saturated rings. The molecule has 2 aromatic rings. The summed E-state index contributed by atoms with van der Waals surface area (Å²) in [6.45, 7) is 9.75. The first kappa shape index (κ1) is 26.8. The SMILES string of the molecule is Cc1ccc([C@@H]2CC(c3ccc(F)cc3)=NN2C(=O)CN(CCN2CCOCC2)C(=O)NC(C)C)cc1. The second-order valence-corrected chi connectivity index (χ2v) is 9.90. The van der Waals surface area contributed by atoms with Gasteiger partial charge < -0.3 is 15.0 Å². The normalized spacial score (nSPS) is 18.1. The number of carbonyl (C=O) groups excluding carboxylic acids is 2. The van der Waals surface area contributed by atoms with Crippen LogP contribution in [0.3, 0.4) is 0 Å². The molecule has 9 heteroatoms. The molecule has 2 aliphatic rings. The molecule has 4 rings (SSSR count). The Kier molecular flexibility index (Phi) is 8.89. The summed E-state index contributed by atoms with van der Waals surface area (Å²) >= 11 is 0. The highest BCUT2D eigenvalue weighted by molar-refractivity contribution is 6.03. The standard InChI is InChI=1S/C28H36FN5O3/c1-20(2)30-28(36)33(13-12-32-14-16-37-17-15-32)19-27(35)34-26(23-6-4-21(3)5-7-23)18-25(31-34)22-8-10-24(29)11-9-22/h4-11,20,26H,12-19H2,1-3H3,(H,30,36)/t26-/m0/s1. The third-order valence-electron chi connectivity index (χ3n) is 6.62. The number of hydrazone groups is 1. The average Bonchev–Trinajstić information content (AvgIpc) is 3.33. The number of hydrogen-bond acceptors (Lipinski definition) is 5. The summed E-state index contributed by atoms with van der Waals surface area (Å²) < 4.78 is 18.9. The minimum absolute atomic E-state index is 0.0521. The molecule has 2 heterocycles. The van der Waals surface area contributed by atoms with Crippen LogP contribution < -0.4 is 5.32 Å². The molecule has 0 unspecified atom stereocenters. The van der Waals surface area contributed by atoms with E-state index in [0.717, 1.165) is 29.8 Å². The Labute approximate surface area is 218 Å². The highest BCUT2D eigenvalue weighted by Crippen LogP contribution is 2.33. The van der Waals surface area contributed by atoms with Gasteiger partial charge in [-0.15, -0.1) is 0 Å². The lowest BCUT2D eigenvalue weighted by Crippen LogP contribution is -2.50. The fraction of sp³-hybridized carbons (Fsp3) is 0.464. The van der Waals surface area contributed by atoms with Crippen LogP contribution in [0.1, 0.15) is 43.0 Å². The molecule has 198 valence electrons. The van der Waals surface area contributed by atoms with Crippen molar-refractivity contribution in [1.29, 1.82) is 0 Å². The van der Waals surface area contributed by atoms with Crippen LogP contribution in [0.2, 0.25) is 0 Å². The summed E-state index contributed by atoms with van der Waals surface area (Å²) in [5, 5.41) is 9.10. The smallest absolute Gasteiger partial charge is 0.318 e. The van der Waals surface area contributed by atoms with Gasteiger partial charge in [-0.25, -0.2) is 14.2 Å². The number of nitrogens with zero attached hydrogens (tertiary/aromatic N) is 4. The number of hydrogen-bond donors (Lipinski definition) is 1. The number of aryl methyl sites for hydroxylation is 1. The number of morpholine rings is 1. The highest BCUT2D eigenvalue weighted by Gasteiger charge is 2.34. The van der Waals surface area contributed by atoms with Crippen LogP contribution in [-0.4, -0.2) is 84.4 Å². The minimum Gasteiger partial charge on any atom is -0.379 e. The van der Waals surface area contributed by atoms with Gasteiger partial charge in [-0.05, 0) is 44.0 Å². The van der Waals surface area contributed by atoms with Gasteiger partial charge in [0, 0.05) is 38.6 Å². The summed E-state index contributed by atoms with van der Waals surface area (Å²) in [4.78, 5) is 30.5. The predicted octanol–water partition coefficient (Wildman–Crippen LogP) is 3.56. The number of ether oxygens (including phenoxy) is 1. The Morgan fingerprint density at radius 3 is 2.43 bits per heavy atom. The Bertz CT molecular complexity index is 1100. The molecule has 2 aliphatic heterocycles. The number of rotatable bonds is 8. The van der Waals surface area contributed by atoms with Crippen LogP contribution in [0.25, 0.3) is 0 Å². The van der Waals surface area contributed by atoms with E-state index in [1.165, 1.54) is 17.1 Å². The number of urea groups is 1. The molecular formula is C28H36FN5O3. The Morgan fingerprint density at radius 2 is 1.78 bits per heavy atom. The lowest BCUT2D eigenvalue weighted by atomic mass is 9.97. The molecule has 0 aliphatic carbocycles. The van der Waals surface area contributed by atoms with Crippen LogP contribution in [0.4, 0.5) is 9.18 Å². The zero-order valence-corrected chi connectivity index (χ0v) is 21.8.